The Morgan fingerprint density at radius 3 is 2.77 bits per heavy atom. The van der Waals surface area contributed by atoms with Crippen LogP contribution in [-0.4, -0.2) is 32.3 Å². The van der Waals surface area contributed by atoms with Crippen LogP contribution < -0.4 is 10.9 Å². The predicted octanol–water partition coefficient (Wildman–Crippen LogP) is 3.89. The first kappa shape index (κ1) is 20.5. The maximum absolute atomic E-state index is 13.8. The van der Waals surface area contributed by atoms with Crippen molar-refractivity contribution in [2.24, 2.45) is 5.92 Å². The minimum absolute atomic E-state index is 0.0117. The van der Waals surface area contributed by atoms with Gasteiger partial charge >= 0.3 is 0 Å². The summed E-state index contributed by atoms with van der Waals surface area (Å²) in [6.45, 7) is 1.75. The lowest BCUT2D eigenvalue weighted by atomic mass is 10.1. The quantitative estimate of drug-likeness (QED) is 0.596. The first-order valence-electron chi connectivity index (χ1n) is 9.84. The highest BCUT2D eigenvalue weighted by atomic mass is 35.5. The van der Waals surface area contributed by atoms with Crippen LogP contribution >= 0.6 is 11.6 Å². The summed E-state index contributed by atoms with van der Waals surface area (Å²) in [5, 5.41) is 13.1. The van der Waals surface area contributed by atoms with Crippen LogP contribution in [0.5, 0.6) is 0 Å². The fraction of sp³-hybridized carbons (Fsp3) is 0.318. The number of halogens is 2. The molecule has 1 fully saturated rings. The van der Waals surface area contributed by atoms with Crippen LogP contribution in [0.25, 0.3) is 11.3 Å². The molecule has 0 amide bonds. The summed E-state index contributed by atoms with van der Waals surface area (Å²) in [5.41, 5.74) is 1.38. The highest BCUT2D eigenvalue weighted by Gasteiger charge is 2.28. The first-order chi connectivity index (χ1) is 14.5. The van der Waals surface area contributed by atoms with Gasteiger partial charge in [0.1, 0.15) is 5.82 Å². The van der Waals surface area contributed by atoms with Crippen LogP contribution in [0.3, 0.4) is 0 Å². The van der Waals surface area contributed by atoms with Crippen LogP contribution in [-0.2, 0) is 0 Å². The molecular formula is C22H22ClFN4O2. The van der Waals surface area contributed by atoms with E-state index in [-0.39, 0.29) is 17.2 Å². The molecule has 0 bridgehead atoms. The van der Waals surface area contributed by atoms with Crippen LogP contribution in [0.15, 0.2) is 53.6 Å². The van der Waals surface area contributed by atoms with Gasteiger partial charge in [-0.05, 0) is 55.5 Å². The lowest BCUT2D eigenvalue weighted by Gasteiger charge is -2.19. The number of hydrogen-bond donors (Lipinski definition) is 2. The molecule has 8 heteroatoms. The predicted molar refractivity (Wildman–Crippen MR) is 114 cm³/mol. The minimum atomic E-state index is -0.722. The molecule has 2 unspecified atom stereocenters. The highest BCUT2D eigenvalue weighted by molar-refractivity contribution is 6.30. The van der Waals surface area contributed by atoms with Gasteiger partial charge in [-0.2, -0.15) is 0 Å². The van der Waals surface area contributed by atoms with Gasteiger partial charge in [0, 0.05) is 30.1 Å². The SMILES string of the molecule is CC(Nc1nccc(-c2ccn(C(CO)c3ccc(Cl)c(F)c3)c(=O)c2)n1)C1CC1. The van der Waals surface area contributed by atoms with Crippen LogP contribution in [0.4, 0.5) is 10.3 Å². The summed E-state index contributed by atoms with van der Waals surface area (Å²) < 4.78 is 15.2. The van der Waals surface area contributed by atoms with Crippen molar-refractivity contribution in [3.8, 4) is 11.3 Å². The average molecular weight is 429 g/mol. The Hall–Kier alpha value is -2.77. The number of aliphatic hydroxyl groups excluding tert-OH is 1. The van der Waals surface area contributed by atoms with Gasteiger partial charge in [0.25, 0.3) is 5.56 Å². The fourth-order valence-corrected chi connectivity index (χ4v) is 3.60. The van der Waals surface area contributed by atoms with Gasteiger partial charge in [-0.15, -0.1) is 0 Å². The largest absolute Gasteiger partial charge is 0.394 e. The number of aliphatic hydroxyl groups is 1. The zero-order chi connectivity index (χ0) is 21.3. The number of rotatable bonds is 7. The second-order valence-electron chi connectivity index (χ2n) is 7.57. The van der Waals surface area contributed by atoms with Crippen molar-refractivity contribution in [1.29, 1.82) is 0 Å². The second-order valence-corrected chi connectivity index (χ2v) is 7.98. The molecule has 6 nitrogen and oxygen atoms in total. The maximum atomic E-state index is 13.8. The third-order valence-corrected chi connectivity index (χ3v) is 5.73. The summed E-state index contributed by atoms with van der Waals surface area (Å²) in [6, 6.07) is 8.75. The van der Waals surface area contributed by atoms with Crippen molar-refractivity contribution in [1.82, 2.24) is 14.5 Å². The molecule has 1 aliphatic carbocycles. The first-order valence-corrected chi connectivity index (χ1v) is 10.2. The number of aromatic nitrogens is 3. The summed E-state index contributed by atoms with van der Waals surface area (Å²) in [4.78, 5) is 21.6. The minimum Gasteiger partial charge on any atom is -0.394 e. The van der Waals surface area contributed by atoms with Crippen molar-refractivity contribution in [3.63, 3.8) is 0 Å². The van der Waals surface area contributed by atoms with E-state index in [0.29, 0.717) is 34.7 Å². The van der Waals surface area contributed by atoms with Crippen molar-refractivity contribution in [3.05, 3.63) is 75.5 Å². The van der Waals surface area contributed by atoms with Gasteiger partial charge in [-0.25, -0.2) is 14.4 Å². The zero-order valence-electron chi connectivity index (χ0n) is 16.4. The molecule has 1 aliphatic rings. The van der Waals surface area contributed by atoms with E-state index in [9.17, 15) is 14.3 Å². The molecule has 0 radical (unpaired) electrons. The Labute approximate surface area is 178 Å². The van der Waals surface area contributed by atoms with Crippen molar-refractivity contribution in [2.45, 2.75) is 31.8 Å². The smallest absolute Gasteiger partial charge is 0.251 e. The van der Waals surface area contributed by atoms with Gasteiger partial charge in [0.2, 0.25) is 5.95 Å². The van der Waals surface area contributed by atoms with Crippen molar-refractivity contribution in [2.75, 3.05) is 11.9 Å². The molecule has 1 saturated carbocycles. The second kappa shape index (κ2) is 8.53. The van der Waals surface area contributed by atoms with E-state index in [0.717, 1.165) is 0 Å². The number of hydrogen-bond acceptors (Lipinski definition) is 5. The number of nitrogens with one attached hydrogen (secondary N) is 1. The Morgan fingerprint density at radius 2 is 2.10 bits per heavy atom. The summed E-state index contributed by atoms with van der Waals surface area (Å²) in [7, 11) is 0. The molecule has 156 valence electrons. The van der Waals surface area contributed by atoms with Gasteiger partial charge < -0.3 is 15.0 Å². The maximum Gasteiger partial charge on any atom is 0.251 e. The van der Waals surface area contributed by atoms with E-state index >= 15 is 0 Å². The monoisotopic (exact) mass is 428 g/mol. The molecule has 0 spiro atoms. The molecular weight excluding hydrogens is 407 g/mol. The highest BCUT2D eigenvalue weighted by Crippen LogP contribution is 2.33. The van der Waals surface area contributed by atoms with Crippen LogP contribution in [0.1, 0.15) is 31.4 Å². The number of benzene rings is 1. The average Bonchev–Trinajstić information content (AvgIpc) is 3.58. The van der Waals surface area contributed by atoms with E-state index in [4.69, 9.17) is 11.6 Å². The van der Waals surface area contributed by atoms with Gasteiger partial charge in [0.15, 0.2) is 0 Å². The van der Waals surface area contributed by atoms with E-state index in [2.05, 4.69) is 22.2 Å². The Kier molecular flexibility index (Phi) is 5.83. The van der Waals surface area contributed by atoms with E-state index in [1.54, 1.807) is 30.6 Å². The number of nitrogens with zero attached hydrogens (tertiary/aromatic N) is 3. The van der Waals surface area contributed by atoms with Gasteiger partial charge in [0.05, 0.1) is 23.4 Å². The van der Waals surface area contributed by atoms with Crippen molar-refractivity contribution >= 4 is 17.5 Å². The van der Waals surface area contributed by atoms with Crippen LogP contribution in [0, 0.1) is 11.7 Å². The molecule has 2 heterocycles. The van der Waals surface area contributed by atoms with Crippen LogP contribution in [0.2, 0.25) is 5.02 Å². The summed E-state index contributed by atoms with van der Waals surface area (Å²) in [5.74, 6) is 0.592. The summed E-state index contributed by atoms with van der Waals surface area (Å²) in [6.07, 6.45) is 5.67. The molecule has 0 aliphatic heterocycles. The van der Waals surface area contributed by atoms with Gasteiger partial charge in [-0.1, -0.05) is 17.7 Å². The molecule has 30 heavy (non-hydrogen) atoms. The normalized spacial score (nSPS) is 15.6. The number of anilines is 1. The van der Waals surface area contributed by atoms with E-state index in [1.807, 2.05) is 0 Å². The lowest BCUT2D eigenvalue weighted by molar-refractivity contribution is 0.247. The fourth-order valence-electron chi connectivity index (χ4n) is 3.49. The molecule has 2 N–H and O–H groups in total. The Morgan fingerprint density at radius 1 is 1.30 bits per heavy atom. The molecule has 1 aromatic carbocycles. The van der Waals surface area contributed by atoms with Crippen molar-refractivity contribution < 1.29 is 9.50 Å². The number of pyridine rings is 1. The third-order valence-electron chi connectivity index (χ3n) is 5.42. The molecule has 2 atom stereocenters. The van der Waals surface area contributed by atoms with E-state index < -0.39 is 11.9 Å². The molecule has 2 aromatic heterocycles. The molecule has 0 saturated heterocycles. The third kappa shape index (κ3) is 4.37. The molecule has 4 rings (SSSR count). The molecule has 3 aromatic rings. The standard InChI is InChI=1S/C22H22ClFN4O2/c1-13(14-2-3-14)26-22-25-8-6-19(27-22)15-7-9-28(21(30)11-15)20(12-29)16-4-5-17(23)18(24)10-16/h4-11,13-14,20,29H,2-3,12H2,1H3,(H,25,26,27). The zero-order valence-corrected chi connectivity index (χ0v) is 17.2. The Balaban J connectivity index is 1.61. The van der Waals surface area contributed by atoms with Gasteiger partial charge in [-0.3, -0.25) is 4.79 Å². The van der Waals surface area contributed by atoms with E-state index in [1.165, 1.54) is 35.6 Å². The summed E-state index contributed by atoms with van der Waals surface area (Å²) >= 11 is 5.74. The topological polar surface area (TPSA) is 80.0 Å². The lowest BCUT2D eigenvalue weighted by Crippen LogP contribution is -2.27. The Bertz CT molecular complexity index is 1120.